The monoisotopic (exact) mass is 939 g/mol. The van der Waals surface area contributed by atoms with Gasteiger partial charge in [0.05, 0.1) is 0 Å². The maximum absolute atomic E-state index is 2.61. The van der Waals surface area contributed by atoms with Gasteiger partial charge in [-0.2, -0.15) is 0 Å². The molecule has 1 aliphatic rings. The number of hydrogen-bond donors (Lipinski definition) is 0. The van der Waals surface area contributed by atoms with E-state index in [-0.39, 0.29) is 32.5 Å². The Morgan fingerprint density at radius 1 is 0.222 bits per heavy atom. The third kappa shape index (κ3) is 7.05. The lowest BCUT2D eigenvalue weighted by Crippen LogP contribution is -2.15. The first-order chi connectivity index (χ1) is 33.4. The van der Waals surface area contributed by atoms with Crippen molar-refractivity contribution in [3.8, 4) is 44.5 Å². The molecule has 0 bridgehead atoms. The van der Waals surface area contributed by atoms with Gasteiger partial charge >= 0.3 is 0 Å². The van der Waals surface area contributed by atoms with E-state index < -0.39 is 0 Å². The number of rotatable bonds is 2. The fraction of sp³-hybridized carbons (Fsp3) is 0.333. The van der Waals surface area contributed by atoms with Crippen molar-refractivity contribution in [2.45, 2.75) is 157 Å². The third-order valence-corrected chi connectivity index (χ3v) is 16.9. The predicted octanol–water partition coefficient (Wildman–Crippen LogP) is 21.4. The van der Waals surface area contributed by atoms with E-state index in [0.717, 1.165) is 0 Å². The van der Waals surface area contributed by atoms with Crippen LogP contribution in [0, 0.1) is 0 Å². The molecule has 1 aliphatic carbocycles. The van der Waals surface area contributed by atoms with Crippen molar-refractivity contribution in [3.63, 3.8) is 0 Å². The fourth-order valence-electron chi connectivity index (χ4n) is 12.5. The summed E-state index contributed by atoms with van der Waals surface area (Å²) in [7, 11) is 0. The normalized spacial score (nSPS) is 14.0. The summed E-state index contributed by atoms with van der Waals surface area (Å²) in [6, 6.07) is 49.7. The topological polar surface area (TPSA) is 0 Å². The molecule has 0 saturated heterocycles. The van der Waals surface area contributed by atoms with Crippen LogP contribution in [0.3, 0.4) is 0 Å². The molecular formula is C72H74. The standard InChI is InChI=1S/C72H74/c1-67(2,3)46-25-40-19-21-42-27-48(69(7,8)9)34-55-52(32-44(29-46)61(40)63(42)55)39-23-24-51-53(31-39)56-36-50(71(13,14)15)37-59-65(56)58(51)38-60(72(16,17)18)66(59)54-33-45-30-47(68(4,5)6)26-41-20-22-43-28-49(70(10,11)12)35-57(54)64(43)62(41)45/h19-38H,1-18H3. The van der Waals surface area contributed by atoms with Gasteiger partial charge in [-0.25, -0.2) is 0 Å². The van der Waals surface area contributed by atoms with Gasteiger partial charge in [0.25, 0.3) is 0 Å². The van der Waals surface area contributed by atoms with Gasteiger partial charge < -0.3 is 0 Å². The van der Waals surface area contributed by atoms with E-state index in [4.69, 9.17) is 0 Å². The highest BCUT2D eigenvalue weighted by atomic mass is 14.4. The molecule has 0 heteroatoms. The minimum Gasteiger partial charge on any atom is -0.0561 e. The molecule has 0 heterocycles. The molecule has 0 spiro atoms. The zero-order valence-corrected chi connectivity index (χ0v) is 46.5. The van der Waals surface area contributed by atoms with E-state index in [2.05, 4.69) is 246 Å². The Morgan fingerprint density at radius 3 is 1.06 bits per heavy atom. The van der Waals surface area contributed by atoms with Crippen molar-refractivity contribution in [2.75, 3.05) is 0 Å². The Hall–Kier alpha value is -6.24. The summed E-state index contributed by atoms with van der Waals surface area (Å²) in [6.07, 6.45) is 0. The molecule has 11 aromatic carbocycles. The first-order valence-corrected chi connectivity index (χ1v) is 26.8. The average Bonchev–Trinajstić information content (AvgIpc) is 3.60. The number of hydrogen-bond acceptors (Lipinski definition) is 0. The smallest absolute Gasteiger partial charge is 0.00197 e. The van der Waals surface area contributed by atoms with E-state index in [9.17, 15) is 0 Å². The van der Waals surface area contributed by atoms with Gasteiger partial charge in [0.2, 0.25) is 0 Å². The lowest BCUT2D eigenvalue weighted by molar-refractivity contribution is 0.590. The number of fused-ring (bicyclic) bond motifs is 3. The van der Waals surface area contributed by atoms with Crippen LogP contribution in [-0.4, -0.2) is 0 Å². The summed E-state index contributed by atoms with van der Waals surface area (Å²) >= 11 is 0. The maximum Gasteiger partial charge on any atom is -0.00197 e. The summed E-state index contributed by atoms with van der Waals surface area (Å²) < 4.78 is 0. The van der Waals surface area contributed by atoms with Crippen molar-refractivity contribution in [3.05, 3.63) is 155 Å². The van der Waals surface area contributed by atoms with Gasteiger partial charge in [0, 0.05) is 0 Å². The second-order valence-electron chi connectivity index (χ2n) is 28.4. The third-order valence-electron chi connectivity index (χ3n) is 16.9. The van der Waals surface area contributed by atoms with Crippen LogP contribution in [-0.2, 0) is 32.5 Å². The molecule has 0 atom stereocenters. The molecule has 12 rings (SSSR count). The molecular weight excluding hydrogens is 865 g/mol. The first-order valence-electron chi connectivity index (χ1n) is 26.8. The van der Waals surface area contributed by atoms with Crippen molar-refractivity contribution in [1.29, 1.82) is 0 Å². The molecule has 0 fully saturated rings. The van der Waals surface area contributed by atoms with E-state index >= 15 is 0 Å². The van der Waals surface area contributed by atoms with E-state index in [0.29, 0.717) is 0 Å². The first kappa shape index (κ1) is 46.8. The van der Waals surface area contributed by atoms with Crippen LogP contribution in [0.4, 0.5) is 0 Å². The van der Waals surface area contributed by atoms with Gasteiger partial charge in [-0.3, -0.25) is 0 Å². The molecule has 0 N–H and O–H groups in total. The van der Waals surface area contributed by atoms with E-state index in [1.165, 1.54) is 153 Å². The van der Waals surface area contributed by atoms with Crippen molar-refractivity contribution in [1.82, 2.24) is 0 Å². The Bertz CT molecular complexity index is 4100. The summed E-state index contributed by atoms with van der Waals surface area (Å²) in [5.74, 6) is 0. The summed E-state index contributed by atoms with van der Waals surface area (Å²) in [6.45, 7) is 42.7. The lowest BCUT2D eigenvalue weighted by Gasteiger charge is -2.29. The van der Waals surface area contributed by atoms with Gasteiger partial charge in [-0.05, 0) is 234 Å². The average molecular weight is 939 g/mol. The summed E-state index contributed by atoms with van der Waals surface area (Å²) in [5.41, 5.74) is 18.8. The molecule has 362 valence electrons. The van der Waals surface area contributed by atoms with E-state index in [1.807, 2.05) is 0 Å². The Labute approximate surface area is 429 Å². The largest absolute Gasteiger partial charge is 0.0561 e. The summed E-state index contributed by atoms with van der Waals surface area (Å²) in [5, 5.41) is 19.0. The molecule has 0 saturated carbocycles. The van der Waals surface area contributed by atoms with Crippen LogP contribution in [0.5, 0.6) is 0 Å². The number of benzene rings is 11. The fourth-order valence-corrected chi connectivity index (χ4v) is 12.5. The molecule has 0 unspecified atom stereocenters. The van der Waals surface area contributed by atoms with Crippen LogP contribution in [0.1, 0.15) is 158 Å². The predicted molar refractivity (Wildman–Crippen MR) is 319 cm³/mol. The SMILES string of the molecule is CC(C)(C)c1cc2ccc3cc(C(C)(C)C)cc4c(-c5ccc6c(c5)-c5cc(C(C)(C)C)cc7c(-c8cc9cc(C(C)(C)C)cc%10ccc%11cc(C(C)(C)C)cc8c%11c%109)c(C(C)(C)C)cc-6c57)cc(c1)c2c34. The lowest BCUT2D eigenvalue weighted by atomic mass is 9.74. The van der Waals surface area contributed by atoms with Gasteiger partial charge in [-0.15, -0.1) is 0 Å². The second-order valence-corrected chi connectivity index (χ2v) is 28.4. The van der Waals surface area contributed by atoms with Crippen LogP contribution < -0.4 is 0 Å². The Balaban J connectivity index is 1.20. The quantitative estimate of drug-likeness (QED) is 0.152. The highest BCUT2D eigenvalue weighted by Gasteiger charge is 2.33. The Kier molecular flexibility index (Phi) is 9.57. The summed E-state index contributed by atoms with van der Waals surface area (Å²) in [4.78, 5) is 0. The molecule has 0 amide bonds. The van der Waals surface area contributed by atoms with Crippen LogP contribution in [0.2, 0.25) is 0 Å². The van der Waals surface area contributed by atoms with Gasteiger partial charge in [0.15, 0.2) is 0 Å². The van der Waals surface area contributed by atoms with Crippen molar-refractivity contribution in [2.24, 2.45) is 0 Å². The Morgan fingerprint density at radius 2 is 0.597 bits per heavy atom. The minimum atomic E-state index is -0.154. The van der Waals surface area contributed by atoms with Crippen LogP contribution in [0.25, 0.3) is 120 Å². The zero-order chi connectivity index (χ0) is 51.3. The zero-order valence-electron chi connectivity index (χ0n) is 46.5. The van der Waals surface area contributed by atoms with Gasteiger partial charge in [-0.1, -0.05) is 197 Å². The van der Waals surface area contributed by atoms with E-state index in [1.54, 1.807) is 0 Å². The molecule has 11 aromatic rings. The molecule has 0 radical (unpaired) electrons. The maximum atomic E-state index is 2.61. The molecule has 0 nitrogen and oxygen atoms in total. The molecule has 72 heavy (non-hydrogen) atoms. The molecule has 0 aliphatic heterocycles. The highest BCUT2D eigenvalue weighted by molar-refractivity contribution is 6.30. The van der Waals surface area contributed by atoms with Crippen LogP contribution >= 0.6 is 0 Å². The van der Waals surface area contributed by atoms with Crippen molar-refractivity contribution >= 4 is 75.4 Å². The molecule has 0 aromatic heterocycles. The van der Waals surface area contributed by atoms with Crippen molar-refractivity contribution < 1.29 is 0 Å². The van der Waals surface area contributed by atoms with Gasteiger partial charge in [0.1, 0.15) is 0 Å². The van der Waals surface area contributed by atoms with Crippen LogP contribution in [0.15, 0.2) is 121 Å². The minimum absolute atomic E-state index is 0.000733. The second kappa shape index (κ2) is 14.7. The highest BCUT2D eigenvalue weighted by Crippen LogP contribution is 2.57.